The highest BCUT2D eigenvalue weighted by Gasteiger charge is 2.16. The van der Waals surface area contributed by atoms with Crippen molar-refractivity contribution in [3.05, 3.63) is 29.8 Å². The number of rotatable bonds is 4. The Morgan fingerprint density at radius 3 is 2.18 bits per heavy atom. The van der Waals surface area contributed by atoms with Crippen molar-refractivity contribution in [2.24, 2.45) is 0 Å². The van der Waals surface area contributed by atoms with E-state index in [1.165, 1.54) is 19.2 Å². The lowest BCUT2D eigenvalue weighted by Crippen LogP contribution is -2.27. The van der Waals surface area contributed by atoms with Gasteiger partial charge in [0.15, 0.2) is 6.61 Å². The predicted molar refractivity (Wildman–Crippen MR) is 80.6 cm³/mol. The Bertz CT molecular complexity index is 546. The Labute approximate surface area is 129 Å². The molecule has 22 heavy (non-hydrogen) atoms. The highest BCUT2D eigenvalue weighted by atomic mass is 16.6. The molecule has 0 aromatic heterocycles. The highest BCUT2D eigenvalue weighted by Crippen LogP contribution is 2.13. The van der Waals surface area contributed by atoms with Crippen LogP contribution in [0.3, 0.4) is 0 Å². The maximum atomic E-state index is 11.7. The number of esters is 1. The van der Waals surface area contributed by atoms with Crippen molar-refractivity contribution in [1.82, 2.24) is 5.32 Å². The number of hydrogen-bond donors (Lipinski definition) is 2. The van der Waals surface area contributed by atoms with Crippen LogP contribution in [0.4, 0.5) is 10.5 Å². The van der Waals surface area contributed by atoms with Crippen molar-refractivity contribution in [3.8, 4) is 0 Å². The average molecular weight is 308 g/mol. The monoisotopic (exact) mass is 308 g/mol. The van der Waals surface area contributed by atoms with Crippen LogP contribution in [-0.2, 0) is 14.3 Å². The van der Waals surface area contributed by atoms with Crippen LogP contribution in [0.15, 0.2) is 24.3 Å². The first-order valence-corrected chi connectivity index (χ1v) is 6.69. The summed E-state index contributed by atoms with van der Waals surface area (Å²) in [6.45, 7) is 4.95. The van der Waals surface area contributed by atoms with Gasteiger partial charge in [-0.05, 0) is 45.0 Å². The van der Waals surface area contributed by atoms with Crippen LogP contribution < -0.4 is 10.6 Å². The van der Waals surface area contributed by atoms with E-state index >= 15 is 0 Å². The van der Waals surface area contributed by atoms with Crippen molar-refractivity contribution in [3.63, 3.8) is 0 Å². The van der Waals surface area contributed by atoms with E-state index in [0.29, 0.717) is 5.69 Å². The molecule has 1 aromatic carbocycles. The smallest absolute Gasteiger partial charge is 0.412 e. The van der Waals surface area contributed by atoms with Gasteiger partial charge in [-0.1, -0.05) is 0 Å². The summed E-state index contributed by atoms with van der Waals surface area (Å²) in [5.74, 6) is -1.01. The Hall–Kier alpha value is -2.57. The van der Waals surface area contributed by atoms with Gasteiger partial charge in [-0.25, -0.2) is 9.59 Å². The van der Waals surface area contributed by atoms with Gasteiger partial charge >= 0.3 is 12.1 Å². The minimum Gasteiger partial charge on any atom is -0.452 e. The molecule has 7 heteroatoms. The number of benzene rings is 1. The quantitative estimate of drug-likeness (QED) is 0.829. The second-order valence-electron chi connectivity index (χ2n) is 5.45. The number of carbonyl (C=O) groups excluding carboxylic acids is 3. The number of ether oxygens (including phenoxy) is 2. The van der Waals surface area contributed by atoms with E-state index in [2.05, 4.69) is 10.6 Å². The van der Waals surface area contributed by atoms with Gasteiger partial charge in [0, 0.05) is 12.7 Å². The molecule has 2 amide bonds. The SMILES string of the molecule is CNC(=O)COC(=O)c1ccc(NC(=O)OC(C)(C)C)cc1. The van der Waals surface area contributed by atoms with E-state index in [0.717, 1.165) is 0 Å². The van der Waals surface area contributed by atoms with Crippen LogP contribution in [0.1, 0.15) is 31.1 Å². The zero-order chi connectivity index (χ0) is 16.8. The first-order valence-electron chi connectivity index (χ1n) is 6.69. The second kappa shape index (κ2) is 7.44. The fourth-order valence-electron chi connectivity index (χ4n) is 1.40. The van der Waals surface area contributed by atoms with Gasteiger partial charge in [-0.3, -0.25) is 10.1 Å². The molecule has 0 atom stereocenters. The van der Waals surface area contributed by atoms with Crippen LogP contribution in [0.25, 0.3) is 0 Å². The van der Waals surface area contributed by atoms with Gasteiger partial charge in [0.05, 0.1) is 5.56 Å². The van der Waals surface area contributed by atoms with E-state index in [9.17, 15) is 14.4 Å². The fraction of sp³-hybridized carbons (Fsp3) is 0.400. The summed E-state index contributed by atoms with van der Waals surface area (Å²) in [7, 11) is 1.45. The fourth-order valence-corrected chi connectivity index (χ4v) is 1.40. The molecule has 0 radical (unpaired) electrons. The molecule has 0 spiro atoms. The normalized spacial score (nSPS) is 10.5. The molecule has 1 aromatic rings. The predicted octanol–water partition coefficient (Wildman–Crippen LogP) is 1.94. The lowest BCUT2D eigenvalue weighted by molar-refractivity contribution is -0.123. The van der Waals surface area contributed by atoms with Gasteiger partial charge in [0.2, 0.25) is 0 Å². The topological polar surface area (TPSA) is 93.7 Å². The largest absolute Gasteiger partial charge is 0.452 e. The maximum absolute atomic E-state index is 11.7. The number of hydrogen-bond acceptors (Lipinski definition) is 5. The van der Waals surface area contributed by atoms with E-state index in [1.807, 2.05) is 0 Å². The molecule has 0 heterocycles. The molecule has 2 N–H and O–H groups in total. The summed E-state index contributed by atoms with van der Waals surface area (Å²) >= 11 is 0. The molecule has 1 rings (SSSR count). The van der Waals surface area contributed by atoms with Crippen LogP contribution in [0, 0.1) is 0 Å². The Balaban J connectivity index is 2.57. The van der Waals surface area contributed by atoms with E-state index in [4.69, 9.17) is 9.47 Å². The van der Waals surface area contributed by atoms with Gasteiger partial charge in [-0.2, -0.15) is 0 Å². The first-order chi connectivity index (χ1) is 10.2. The standard InChI is InChI=1S/C15H20N2O5/c1-15(2,3)22-14(20)17-11-7-5-10(6-8-11)13(19)21-9-12(18)16-4/h5-8H,9H2,1-4H3,(H,16,18)(H,17,20). The average Bonchev–Trinajstić information content (AvgIpc) is 2.43. The van der Waals surface area contributed by atoms with Crippen LogP contribution in [0.5, 0.6) is 0 Å². The van der Waals surface area contributed by atoms with Gasteiger partial charge in [0.1, 0.15) is 5.60 Å². The molecule has 0 bridgehead atoms. The van der Waals surface area contributed by atoms with Crippen LogP contribution in [0.2, 0.25) is 0 Å². The molecular formula is C15H20N2O5. The molecule has 7 nitrogen and oxygen atoms in total. The minimum absolute atomic E-state index is 0.277. The highest BCUT2D eigenvalue weighted by molar-refractivity contribution is 5.92. The third-order valence-electron chi connectivity index (χ3n) is 2.38. The number of nitrogens with one attached hydrogen (secondary N) is 2. The molecule has 0 saturated heterocycles. The summed E-state index contributed by atoms with van der Waals surface area (Å²) < 4.78 is 9.92. The Morgan fingerprint density at radius 1 is 1.09 bits per heavy atom. The van der Waals surface area contributed by atoms with Crippen LogP contribution >= 0.6 is 0 Å². The summed E-state index contributed by atoms with van der Waals surface area (Å²) in [5.41, 5.74) is 0.170. The lowest BCUT2D eigenvalue weighted by atomic mass is 10.2. The molecule has 0 aliphatic heterocycles. The van der Waals surface area contributed by atoms with Crippen LogP contribution in [-0.4, -0.2) is 37.2 Å². The third-order valence-corrected chi connectivity index (χ3v) is 2.38. The summed E-state index contributed by atoms with van der Waals surface area (Å²) in [6, 6.07) is 6.05. The number of amides is 2. The molecular weight excluding hydrogens is 288 g/mol. The minimum atomic E-state index is -0.618. The number of anilines is 1. The number of likely N-dealkylation sites (N-methyl/N-ethyl adjacent to an activating group) is 1. The molecule has 0 saturated carbocycles. The van der Waals surface area contributed by atoms with Crippen molar-refractivity contribution in [2.45, 2.75) is 26.4 Å². The summed E-state index contributed by atoms with van der Waals surface area (Å²) in [5, 5.41) is 4.89. The third kappa shape index (κ3) is 6.25. The van der Waals surface area contributed by atoms with E-state index < -0.39 is 23.6 Å². The zero-order valence-electron chi connectivity index (χ0n) is 13.1. The van der Waals surface area contributed by atoms with Crippen molar-refractivity contribution in [2.75, 3.05) is 19.0 Å². The second-order valence-corrected chi connectivity index (χ2v) is 5.45. The first kappa shape index (κ1) is 17.5. The maximum Gasteiger partial charge on any atom is 0.412 e. The van der Waals surface area contributed by atoms with E-state index in [-0.39, 0.29) is 12.2 Å². The van der Waals surface area contributed by atoms with Gasteiger partial charge in [-0.15, -0.1) is 0 Å². The van der Waals surface area contributed by atoms with Crippen molar-refractivity contribution in [1.29, 1.82) is 0 Å². The van der Waals surface area contributed by atoms with Gasteiger partial charge < -0.3 is 14.8 Å². The molecule has 0 unspecified atom stereocenters. The van der Waals surface area contributed by atoms with Crippen molar-refractivity contribution < 1.29 is 23.9 Å². The Kier molecular flexibility index (Phi) is 5.91. The molecule has 0 aliphatic carbocycles. The van der Waals surface area contributed by atoms with E-state index in [1.54, 1.807) is 32.9 Å². The molecule has 0 aliphatic rings. The summed E-state index contributed by atoms with van der Waals surface area (Å²) in [4.78, 5) is 34.2. The molecule has 120 valence electrons. The molecule has 0 fully saturated rings. The Morgan fingerprint density at radius 2 is 1.68 bits per heavy atom. The summed E-state index contributed by atoms with van der Waals surface area (Å²) in [6.07, 6.45) is -0.581. The number of carbonyl (C=O) groups is 3. The van der Waals surface area contributed by atoms with Gasteiger partial charge in [0.25, 0.3) is 5.91 Å². The zero-order valence-corrected chi connectivity index (χ0v) is 13.1. The van der Waals surface area contributed by atoms with Crippen molar-refractivity contribution >= 4 is 23.7 Å². The lowest BCUT2D eigenvalue weighted by Gasteiger charge is -2.19.